The lowest BCUT2D eigenvalue weighted by molar-refractivity contribution is 0.0957. The average Bonchev–Trinajstić information content (AvgIpc) is 2.92. The zero-order valence-electron chi connectivity index (χ0n) is 11.1. The van der Waals surface area contributed by atoms with E-state index >= 15 is 0 Å². The number of benzene rings is 1. The highest BCUT2D eigenvalue weighted by atomic mass is 32.2. The molecule has 3 rings (SSSR count). The first-order valence-corrected chi connectivity index (χ1v) is 8.15. The minimum Gasteiger partial charge on any atom is -0.289 e. The zero-order valence-corrected chi connectivity index (χ0v) is 12.7. The van der Waals surface area contributed by atoms with E-state index in [-0.39, 0.29) is 5.91 Å². The molecular weight excluding hydrogens is 302 g/mol. The number of fused-ring (bicyclic) bond motifs is 1. The molecule has 106 valence electrons. The van der Waals surface area contributed by atoms with Crippen LogP contribution in [0.3, 0.4) is 0 Å². The van der Waals surface area contributed by atoms with Crippen molar-refractivity contribution in [3.05, 3.63) is 59.1 Å². The number of pyridine rings is 1. The van der Waals surface area contributed by atoms with Gasteiger partial charge in [0.05, 0.1) is 9.90 Å². The van der Waals surface area contributed by atoms with E-state index in [2.05, 4.69) is 10.4 Å². The Morgan fingerprint density at radius 1 is 1.24 bits per heavy atom. The second-order valence-corrected chi connectivity index (χ2v) is 6.38. The summed E-state index contributed by atoms with van der Waals surface area (Å²) < 4.78 is 1.09. The van der Waals surface area contributed by atoms with Crippen LogP contribution in [0.5, 0.6) is 0 Å². The van der Waals surface area contributed by atoms with Crippen molar-refractivity contribution in [1.29, 1.82) is 0 Å². The molecule has 0 spiro atoms. The van der Waals surface area contributed by atoms with Crippen LogP contribution in [0.2, 0.25) is 0 Å². The molecule has 1 aromatic carbocycles. The van der Waals surface area contributed by atoms with Gasteiger partial charge < -0.3 is 0 Å². The van der Waals surface area contributed by atoms with Crippen molar-refractivity contribution >= 4 is 39.1 Å². The van der Waals surface area contributed by atoms with Crippen LogP contribution < -0.4 is 11.3 Å². The van der Waals surface area contributed by atoms with Crippen LogP contribution in [0.1, 0.15) is 15.2 Å². The molecule has 1 amide bonds. The Balaban J connectivity index is 1.97. The van der Waals surface area contributed by atoms with Crippen molar-refractivity contribution < 1.29 is 4.79 Å². The van der Waals surface area contributed by atoms with Crippen LogP contribution in [0.4, 0.5) is 0 Å². The van der Waals surface area contributed by atoms with Crippen LogP contribution in [-0.4, -0.2) is 10.9 Å². The number of nitrogen functional groups attached to an aromatic ring is 1. The summed E-state index contributed by atoms with van der Waals surface area (Å²) in [4.78, 5) is 16.9. The molecule has 0 saturated heterocycles. The lowest BCUT2D eigenvalue weighted by atomic mass is 10.1. The van der Waals surface area contributed by atoms with Gasteiger partial charge in [-0.15, -0.1) is 23.1 Å². The maximum atomic E-state index is 12.0. The van der Waals surface area contributed by atoms with Gasteiger partial charge in [0.2, 0.25) is 0 Å². The number of hydrazine groups is 1. The molecule has 0 aliphatic carbocycles. The third-order valence-electron chi connectivity index (χ3n) is 3.04. The van der Waals surface area contributed by atoms with E-state index in [9.17, 15) is 4.79 Å². The Kier molecular flexibility index (Phi) is 4.19. The number of nitrogens with one attached hydrogen (secondary N) is 1. The van der Waals surface area contributed by atoms with E-state index in [0.29, 0.717) is 10.6 Å². The first-order valence-electron chi connectivity index (χ1n) is 6.35. The van der Waals surface area contributed by atoms with Crippen LogP contribution in [0.25, 0.3) is 10.1 Å². The number of carbonyl (C=O) groups is 1. The molecule has 0 fully saturated rings. The number of nitrogens with two attached hydrogens (primary N) is 1. The lowest BCUT2D eigenvalue weighted by Gasteiger charge is -2.03. The summed E-state index contributed by atoms with van der Waals surface area (Å²) in [7, 11) is 0. The minimum atomic E-state index is -0.243. The molecule has 4 nitrogen and oxygen atoms in total. The molecule has 0 atom stereocenters. The molecule has 0 aliphatic rings. The normalized spacial score (nSPS) is 10.7. The summed E-state index contributed by atoms with van der Waals surface area (Å²) in [5.74, 6) is 5.73. The van der Waals surface area contributed by atoms with Crippen LogP contribution in [0, 0.1) is 0 Å². The van der Waals surface area contributed by atoms with Crippen LogP contribution in [-0.2, 0) is 5.75 Å². The molecule has 0 aliphatic heterocycles. The first kappa shape index (κ1) is 14.1. The van der Waals surface area contributed by atoms with Crippen molar-refractivity contribution in [1.82, 2.24) is 10.4 Å². The van der Waals surface area contributed by atoms with E-state index in [1.807, 2.05) is 42.5 Å². The second kappa shape index (κ2) is 6.26. The summed E-state index contributed by atoms with van der Waals surface area (Å²) >= 11 is 3.08. The maximum Gasteiger partial charge on any atom is 0.275 e. The molecule has 0 unspecified atom stereocenters. The minimum absolute atomic E-state index is 0.243. The van der Waals surface area contributed by atoms with E-state index in [1.54, 1.807) is 18.0 Å². The van der Waals surface area contributed by atoms with Gasteiger partial charge in [-0.1, -0.05) is 24.3 Å². The fraction of sp³-hybridized carbons (Fsp3) is 0.0667. The van der Waals surface area contributed by atoms with Crippen molar-refractivity contribution in [3.8, 4) is 0 Å². The van der Waals surface area contributed by atoms with Crippen molar-refractivity contribution in [3.63, 3.8) is 0 Å². The monoisotopic (exact) mass is 315 g/mol. The number of thioether (sulfide) groups is 1. The van der Waals surface area contributed by atoms with E-state index < -0.39 is 0 Å². The second-order valence-electron chi connectivity index (χ2n) is 4.34. The summed E-state index contributed by atoms with van der Waals surface area (Å²) in [6.07, 6.45) is 1.77. The SMILES string of the molecule is NNC(=O)c1sc2ccccc2c1CSc1ccccn1. The van der Waals surface area contributed by atoms with Crippen molar-refractivity contribution in [2.75, 3.05) is 0 Å². The predicted octanol–water partition coefficient (Wildman–Crippen LogP) is 3.19. The van der Waals surface area contributed by atoms with Gasteiger partial charge >= 0.3 is 0 Å². The van der Waals surface area contributed by atoms with Gasteiger partial charge in [0.25, 0.3) is 5.91 Å². The summed E-state index contributed by atoms with van der Waals surface area (Å²) in [6, 6.07) is 13.8. The predicted molar refractivity (Wildman–Crippen MR) is 87.3 cm³/mol. The molecule has 0 bridgehead atoms. The van der Waals surface area contributed by atoms with Gasteiger partial charge in [-0.05, 0) is 29.1 Å². The molecule has 6 heteroatoms. The summed E-state index contributed by atoms with van der Waals surface area (Å²) in [5, 5.41) is 2.04. The Bertz CT molecular complexity index is 771. The number of amides is 1. The quantitative estimate of drug-likeness (QED) is 0.336. The molecule has 2 aromatic heterocycles. The fourth-order valence-electron chi connectivity index (χ4n) is 2.07. The van der Waals surface area contributed by atoms with Gasteiger partial charge in [0.1, 0.15) is 0 Å². The Labute approximate surface area is 130 Å². The van der Waals surface area contributed by atoms with Crippen LogP contribution >= 0.6 is 23.1 Å². The summed E-state index contributed by atoms with van der Waals surface area (Å²) in [5.41, 5.74) is 3.24. The molecule has 2 heterocycles. The molecule has 3 aromatic rings. The molecule has 0 radical (unpaired) electrons. The smallest absolute Gasteiger partial charge is 0.275 e. The number of thiophene rings is 1. The highest BCUT2D eigenvalue weighted by Crippen LogP contribution is 2.35. The van der Waals surface area contributed by atoms with E-state index in [4.69, 9.17) is 5.84 Å². The number of hydrogen-bond acceptors (Lipinski definition) is 5. The lowest BCUT2D eigenvalue weighted by Crippen LogP contribution is -2.29. The van der Waals surface area contributed by atoms with Gasteiger partial charge in [-0.25, -0.2) is 10.8 Å². The van der Waals surface area contributed by atoms with Crippen LogP contribution in [0.15, 0.2) is 53.7 Å². The van der Waals surface area contributed by atoms with Gasteiger partial charge in [0.15, 0.2) is 0 Å². The molecular formula is C15H13N3OS2. The average molecular weight is 315 g/mol. The first-order chi connectivity index (χ1) is 10.3. The largest absolute Gasteiger partial charge is 0.289 e. The summed E-state index contributed by atoms with van der Waals surface area (Å²) in [6.45, 7) is 0. The fourth-order valence-corrected chi connectivity index (χ4v) is 4.19. The zero-order chi connectivity index (χ0) is 14.7. The third-order valence-corrected chi connectivity index (χ3v) is 5.22. The maximum absolute atomic E-state index is 12.0. The number of carbonyl (C=O) groups excluding carboxylic acids is 1. The number of hydrogen-bond donors (Lipinski definition) is 2. The molecule has 21 heavy (non-hydrogen) atoms. The van der Waals surface area contributed by atoms with E-state index in [0.717, 1.165) is 20.7 Å². The number of nitrogens with zero attached hydrogens (tertiary/aromatic N) is 1. The van der Waals surface area contributed by atoms with Gasteiger partial charge in [0, 0.05) is 16.6 Å². The number of rotatable bonds is 4. The topological polar surface area (TPSA) is 68.0 Å². The van der Waals surface area contributed by atoms with Gasteiger partial charge in [-0.3, -0.25) is 10.2 Å². The molecule has 0 saturated carbocycles. The van der Waals surface area contributed by atoms with Gasteiger partial charge in [-0.2, -0.15) is 0 Å². The van der Waals surface area contributed by atoms with Crippen molar-refractivity contribution in [2.45, 2.75) is 10.8 Å². The third kappa shape index (κ3) is 2.92. The highest BCUT2D eigenvalue weighted by molar-refractivity contribution is 7.98. The highest BCUT2D eigenvalue weighted by Gasteiger charge is 2.17. The molecule has 3 N–H and O–H groups in total. The number of aromatic nitrogens is 1. The Morgan fingerprint density at radius 3 is 2.81 bits per heavy atom. The van der Waals surface area contributed by atoms with E-state index in [1.165, 1.54) is 11.3 Å². The Hall–Kier alpha value is -1.89. The standard InChI is InChI=1S/C15H13N3OS2/c16-18-15(19)14-11(9-20-13-7-3-4-8-17-13)10-5-1-2-6-12(10)21-14/h1-8H,9,16H2,(H,18,19). The van der Waals surface area contributed by atoms with Crippen molar-refractivity contribution in [2.24, 2.45) is 5.84 Å². The Morgan fingerprint density at radius 2 is 2.05 bits per heavy atom.